The first-order valence-electron chi connectivity index (χ1n) is 11.0. The number of carbonyl (C=O) groups is 1. The van der Waals surface area contributed by atoms with E-state index in [0.717, 1.165) is 24.5 Å². The maximum Gasteiger partial charge on any atom is 0.331 e. The van der Waals surface area contributed by atoms with E-state index in [-0.39, 0.29) is 30.5 Å². The number of H-pyrrole nitrogens is 1. The lowest BCUT2D eigenvalue weighted by Gasteiger charge is -2.31. The molecule has 0 spiro atoms. The number of piperidine rings is 1. The van der Waals surface area contributed by atoms with E-state index in [1.165, 1.54) is 22.0 Å². The Kier molecular flexibility index (Phi) is 4.95. The number of fused-ring (bicyclic) bond motifs is 1. The van der Waals surface area contributed by atoms with Crippen LogP contribution < -0.4 is 11.2 Å². The first-order valence-corrected chi connectivity index (χ1v) is 11.0. The van der Waals surface area contributed by atoms with Gasteiger partial charge in [0.2, 0.25) is 5.91 Å². The molecule has 1 saturated carbocycles. The van der Waals surface area contributed by atoms with Crippen molar-refractivity contribution in [3.05, 3.63) is 56.8 Å². The van der Waals surface area contributed by atoms with Gasteiger partial charge in [0.25, 0.3) is 5.56 Å². The summed E-state index contributed by atoms with van der Waals surface area (Å²) in [6.07, 6.45) is 3.97. The quantitative estimate of drug-likeness (QED) is 0.672. The largest absolute Gasteiger partial charge is 0.341 e. The molecular weight excluding hydrogens is 396 g/mol. The molecule has 1 N–H and O–H groups in total. The fourth-order valence-electron chi connectivity index (χ4n) is 4.43. The maximum absolute atomic E-state index is 13.0. The van der Waals surface area contributed by atoms with Crippen LogP contribution in [0.2, 0.25) is 0 Å². The molecule has 2 fully saturated rings. The average molecular weight is 422 g/mol. The van der Waals surface area contributed by atoms with Crippen molar-refractivity contribution in [3.63, 3.8) is 0 Å². The fraction of sp³-hybridized carbons (Fsp3) is 0.500. The maximum atomic E-state index is 13.0. The Labute approximate surface area is 178 Å². The highest BCUT2D eigenvalue weighted by Crippen LogP contribution is 2.38. The smallest absolute Gasteiger partial charge is 0.331 e. The van der Waals surface area contributed by atoms with Gasteiger partial charge >= 0.3 is 5.69 Å². The Morgan fingerprint density at radius 1 is 1.06 bits per heavy atom. The van der Waals surface area contributed by atoms with Crippen LogP contribution in [-0.2, 0) is 17.9 Å². The molecule has 2 aromatic heterocycles. The summed E-state index contributed by atoms with van der Waals surface area (Å²) in [5.41, 5.74) is -0.256. The van der Waals surface area contributed by atoms with Crippen LogP contribution in [0.15, 0.2) is 33.9 Å². The number of likely N-dealkylation sites (tertiary alicyclic amines) is 1. The van der Waals surface area contributed by atoms with Gasteiger partial charge in [0.1, 0.15) is 12.4 Å². The van der Waals surface area contributed by atoms with Gasteiger partial charge in [-0.2, -0.15) is 5.10 Å². The minimum absolute atomic E-state index is 0.0710. The molecular formula is C22H26N6O3. The lowest BCUT2D eigenvalue weighted by molar-refractivity contribution is -0.132. The molecule has 1 saturated heterocycles. The van der Waals surface area contributed by atoms with E-state index >= 15 is 0 Å². The van der Waals surface area contributed by atoms with E-state index in [0.29, 0.717) is 29.9 Å². The van der Waals surface area contributed by atoms with Gasteiger partial charge in [-0.25, -0.2) is 9.78 Å². The molecule has 9 heteroatoms. The number of aromatic nitrogens is 5. The molecule has 2 aliphatic rings. The molecule has 31 heavy (non-hydrogen) atoms. The number of rotatable bonds is 5. The summed E-state index contributed by atoms with van der Waals surface area (Å²) in [4.78, 5) is 45.0. The van der Waals surface area contributed by atoms with Crippen molar-refractivity contribution in [1.82, 2.24) is 29.2 Å². The van der Waals surface area contributed by atoms with Crippen molar-refractivity contribution in [2.24, 2.45) is 0 Å². The topological polar surface area (TPSA) is 106 Å². The number of benzene rings is 1. The Morgan fingerprint density at radius 3 is 2.52 bits per heavy atom. The zero-order chi connectivity index (χ0) is 21.5. The SMILES string of the molecule is CCn1c(=O)c2ccccc2n(CC(=O)N2CCC(c3nc(C4CC4)n[nH]3)CC2)c1=O. The minimum atomic E-state index is -0.441. The molecule has 162 valence electrons. The number of carbonyl (C=O) groups excluding carboxylic acids is 1. The molecule has 3 aromatic rings. The summed E-state index contributed by atoms with van der Waals surface area (Å²) < 4.78 is 2.61. The van der Waals surface area contributed by atoms with Gasteiger partial charge in [-0.3, -0.25) is 23.8 Å². The Morgan fingerprint density at radius 2 is 1.81 bits per heavy atom. The summed E-state index contributed by atoms with van der Waals surface area (Å²) in [5, 5.41) is 7.88. The Balaban J connectivity index is 1.32. The first kappa shape index (κ1) is 19.7. The third-order valence-electron chi connectivity index (χ3n) is 6.44. The van der Waals surface area contributed by atoms with Crippen molar-refractivity contribution in [1.29, 1.82) is 0 Å². The molecule has 5 rings (SSSR count). The van der Waals surface area contributed by atoms with Gasteiger partial charge in [-0.05, 0) is 44.7 Å². The molecule has 3 heterocycles. The van der Waals surface area contributed by atoms with Gasteiger partial charge in [-0.1, -0.05) is 12.1 Å². The predicted molar refractivity (Wildman–Crippen MR) is 115 cm³/mol. The zero-order valence-electron chi connectivity index (χ0n) is 17.6. The third-order valence-corrected chi connectivity index (χ3v) is 6.44. The van der Waals surface area contributed by atoms with E-state index in [1.54, 1.807) is 36.1 Å². The second-order valence-electron chi connectivity index (χ2n) is 8.44. The van der Waals surface area contributed by atoms with Crippen molar-refractivity contribution >= 4 is 16.8 Å². The molecule has 1 aromatic carbocycles. The highest BCUT2D eigenvalue weighted by atomic mass is 16.2. The Bertz CT molecular complexity index is 1240. The lowest BCUT2D eigenvalue weighted by atomic mass is 9.96. The molecule has 1 aliphatic carbocycles. The van der Waals surface area contributed by atoms with Crippen molar-refractivity contribution < 1.29 is 4.79 Å². The second kappa shape index (κ2) is 7.79. The molecule has 1 aliphatic heterocycles. The van der Waals surface area contributed by atoms with Gasteiger partial charge in [0, 0.05) is 31.5 Å². The van der Waals surface area contributed by atoms with Crippen LogP contribution in [0, 0.1) is 0 Å². The van der Waals surface area contributed by atoms with Crippen LogP contribution in [0.5, 0.6) is 0 Å². The molecule has 0 radical (unpaired) electrons. The van der Waals surface area contributed by atoms with Crippen LogP contribution in [0.3, 0.4) is 0 Å². The molecule has 0 unspecified atom stereocenters. The van der Waals surface area contributed by atoms with Crippen molar-refractivity contribution in [2.45, 2.75) is 57.5 Å². The summed E-state index contributed by atoms with van der Waals surface area (Å²) >= 11 is 0. The third kappa shape index (κ3) is 3.58. The van der Waals surface area contributed by atoms with Gasteiger partial charge in [-0.15, -0.1) is 0 Å². The number of hydrogen-bond donors (Lipinski definition) is 1. The van der Waals surface area contributed by atoms with Gasteiger partial charge in [0.05, 0.1) is 10.9 Å². The number of nitrogens with one attached hydrogen (secondary N) is 1. The number of aromatic amines is 1. The van der Waals surface area contributed by atoms with E-state index in [9.17, 15) is 14.4 Å². The van der Waals surface area contributed by atoms with E-state index in [2.05, 4.69) is 15.2 Å². The summed E-state index contributed by atoms with van der Waals surface area (Å²) in [6.45, 7) is 3.18. The predicted octanol–water partition coefficient (Wildman–Crippen LogP) is 1.58. The number of nitrogens with zero attached hydrogens (tertiary/aromatic N) is 5. The Hall–Kier alpha value is -3.23. The van der Waals surface area contributed by atoms with Crippen LogP contribution >= 0.6 is 0 Å². The minimum Gasteiger partial charge on any atom is -0.341 e. The van der Waals surface area contributed by atoms with Gasteiger partial charge < -0.3 is 4.90 Å². The number of hydrogen-bond acceptors (Lipinski definition) is 5. The second-order valence-corrected chi connectivity index (χ2v) is 8.44. The van der Waals surface area contributed by atoms with E-state index < -0.39 is 5.69 Å². The highest BCUT2D eigenvalue weighted by Gasteiger charge is 2.31. The van der Waals surface area contributed by atoms with Crippen LogP contribution in [0.1, 0.15) is 56.1 Å². The summed E-state index contributed by atoms with van der Waals surface area (Å²) in [7, 11) is 0. The highest BCUT2D eigenvalue weighted by molar-refractivity contribution is 5.81. The lowest BCUT2D eigenvalue weighted by Crippen LogP contribution is -2.45. The summed E-state index contributed by atoms with van der Waals surface area (Å²) in [6, 6.07) is 6.96. The van der Waals surface area contributed by atoms with Crippen LogP contribution in [0.4, 0.5) is 0 Å². The number of amides is 1. The zero-order valence-corrected chi connectivity index (χ0v) is 17.6. The molecule has 9 nitrogen and oxygen atoms in total. The normalized spacial score (nSPS) is 17.4. The molecule has 0 atom stereocenters. The van der Waals surface area contributed by atoms with E-state index in [4.69, 9.17) is 0 Å². The standard InChI is InChI=1S/C22H26N6O3/c1-2-27-21(30)16-5-3-4-6-17(16)28(22(27)31)13-18(29)26-11-9-15(10-12-26)20-23-19(24-25-20)14-7-8-14/h3-6,14-15H,2,7-13H2,1H3,(H,23,24,25). The first-order chi connectivity index (χ1) is 15.1. The van der Waals surface area contributed by atoms with Crippen molar-refractivity contribution in [3.8, 4) is 0 Å². The van der Waals surface area contributed by atoms with Crippen LogP contribution in [0.25, 0.3) is 10.9 Å². The molecule has 0 bridgehead atoms. The fourth-order valence-corrected chi connectivity index (χ4v) is 4.43. The van der Waals surface area contributed by atoms with Crippen molar-refractivity contribution in [2.75, 3.05) is 13.1 Å². The monoisotopic (exact) mass is 422 g/mol. The molecule has 1 amide bonds. The van der Waals surface area contributed by atoms with Gasteiger partial charge in [0.15, 0.2) is 5.82 Å². The average Bonchev–Trinajstić information content (AvgIpc) is 3.53. The summed E-state index contributed by atoms with van der Waals surface area (Å²) in [5.74, 6) is 2.53. The van der Waals surface area contributed by atoms with E-state index in [1.807, 2.05) is 0 Å². The van der Waals surface area contributed by atoms with Crippen LogP contribution in [-0.4, -0.2) is 48.2 Å². The number of para-hydroxylation sites is 1.